The molecule has 2 rings (SSSR count). The number of guanidine groups is 1. The smallest absolute Gasteiger partial charge is 0.194 e. The van der Waals surface area contributed by atoms with Crippen molar-refractivity contribution >= 4 is 45.9 Å². The summed E-state index contributed by atoms with van der Waals surface area (Å²) in [4.78, 5) is 6.79. The van der Waals surface area contributed by atoms with Crippen LogP contribution >= 0.6 is 39.9 Å². The Labute approximate surface area is 174 Å². The Kier molecular flexibility index (Phi) is 9.00. The van der Waals surface area contributed by atoms with E-state index in [1.54, 1.807) is 6.07 Å². The second-order valence-corrected chi connectivity index (χ2v) is 6.51. The van der Waals surface area contributed by atoms with Crippen molar-refractivity contribution in [2.45, 2.75) is 20.0 Å². The van der Waals surface area contributed by atoms with Gasteiger partial charge in [-0.2, -0.15) is 5.26 Å². The molecule has 25 heavy (non-hydrogen) atoms. The lowest BCUT2D eigenvalue weighted by Crippen LogP contribution is -2.38. The van der Waals surface area contributed by atoms with Crippen molar-refractivity contribution in [2.24, 2.45) is 12.0 Å². The van der Waals surface area contributed by atoms with Gasteiger partial charge in [0.2, 0.25) is 0 Å². The van der Waals surface area contributed by atoms with Gasteiger partial charge < -0.3 is 14.8 Å². The van der Waals surface area contributed by atoms with Crippen LogP contribution in [0.3, 0.4) is 0 Å². The second-order valence-electron chi connectivity index (χ2n) is 5.60. The first-order valence-electron chi connectivity index (χ1n) is 7.82. The molecular formula is C18H23BrIN5. The van der Waals surface area contributed by atoms with Crippen LogP contribution in [0.5, 0.6) is 0 Å². The highest BCUT2D eigenvalue weighted by Gasteiger charge is 2.09. The van der Waals surface area contributed by atoms with E-state index in [0.29, 0.717) is 12.1 Å². The molecule has 0 fully saturated rings. The number of nitriles is 1. The predicted molar refractivity (Wildman–Crippen MR) is 116 cm³/mol. The first-order valence-corrected chi connectivity index (χ1v) is 8.62. The van der Waals surface area contributed by atoms with Crippen LogP contribution in [0.1, 0.15) is 23.7 Å². The standard InChI is InChI=1S/C18H22BrN5.HI/c1-4-21-18(22-11-15-7-5-6-14(8-15)10-20)24(3)13-17-9-16(19)12-23(17)2;/h5-9,12H,4,11,13H2,1-3H3,(H,21,22);1H. The van der Waals surface area contributed by atoms with Gasteiger partial charge >= 0.3 is 0 Å². The molecule has 0 saturated heterocycles. The Morgan fingerprint density at radius 2 is 2.16 bits per heavy atom. The number of aliphatic imine (C=N–C) groups is 1. The van der Waals surface area contributed by atoms with Crippen LogP contribution in [0, 0.1) is 11.3 Å². The van der Waals surface area contributed by atoms with E-state index < -0.39 is 0 Å². The number of nitrogens with zero attached hydrogens (tertiary/aromatic N) is 4. The summed E-state index contributed by atoms with van der Waals surface area (Å²) in [5.41, 5.74) is 2.88. The zero-order valence-corrected chi connectivity index (χ0v) is 18.6. The molecule has 0 amide bonds. The Hall–Kier alpha value is -1.53. The molecule has 1 aromatic carbocycles. The fraction of sp³-hybridized carbons (Fsp3) is 0.333. The lowest BCUT2D eigenvalue weighted by Gasteiger charge is -2.22. The molecule has 0 atom stereocenters. The number of hydrogen-bond donors (Lipinski definition) is 1. The fourth-order valence-corrected chi connectivity index (χ4v) is 2.99. The minimum atomic E-state index is 0. The third-order valence-electron chi connectivity index (χ3n) is 3.64. The predicted octanol–water partition coefficient (Wildman–Crippen LogP) is 3.87. The summed E-state index contributed by atoms with van der Waals surface area (Å²) in [5.74, 6) is 0.845. The van der Waals surface area contributed by atoms with Crippen molar-refractivity contribution in [2.75, 3.05) is 13.6 Å². The van der Waals surface area contributed by atoms with Gasteiger partial charge in [0.15, 0.2) is 5.96 Å². The average molecular weight is 516 g/mol. The molecule has 134 valence electrons. The highest BCUT2D eigenvalue weighted by atomic mass is 127. The van der Waals surface area contributed by atoms with Crippen LogP contribution < -0.4 is 5.32 Å². The SMILES string of the molecule is CCNC(=NCc1cccc(C#N)c1)N(C)Cc1cc(Br)cn1C.I. The normalized spacial score (nSPS) is 10.8. The maximum Gasteiger partial charge on any atom is 0.194 e. The van der Waals surface area contributed by atoms with Crippen LogP contribution in [0.4, 0.5) is 0 Å². The van der Waals surface area contributed by atoms with Gasteiger partial charge in [-0.25, -0.2) is 4.99 Å². The third kappa shape index (κ3) is 6.36. The average Bonchev–Trinajstić information content (AvgIpc) is 2.88. The van der Waals surface area contributed by atoms with Crippen LogP contribution in [0.2, 0.25) is 0 Å². The first-order chi connectivity index (χ1) is 11.5. The maximum atomic E-state index is 8.99. The minimum absolute atomic E-state index is 0. The number of benzene rings is 1. The van der Waals surface area contributed by atoms with Crippen molar-refractivity contribution in [3.63, 3.8) is 0 Å². The maximum absolute atomic E-state index is 8.99. The molecule has 1 aromatic heterocycles. The van der Waals surface area contributed by atoms with Gasteiger partial charge in [0.25, 0.3) is 0 Å². The van der Waals surface area contributed by atoms with Crippen LogP contribution in [-0.2, 0) is 20.1 Å². The third-order valence-corrected chi connectivity index (χ3v) is 4.07. The van der Waals surface area contributed by atoms with Gasteiger partial charge in [-0.1, -0.05) is 12.1 Å². The van der Waals surface area contributed by atoms with E-state index in [4.69, 9.17) is 10.3 Å². The lowest BCUT2D eigenvalue weighted by atomic mass is 10.1. The molecule has 2 aromatic rings. The molecule has 0 aliphatic carbocycles. The number of nitrogens with one attached hydrogen (secondary N) is 1. The van der Waals surface area contributed by atoms with Crippen molar-refractivity contribution in [3.05, 3.63) is 57.8 Å². The number of halogens is 2. The first kappa shape index (κ1) is 21.5. The molecule has 0 spiro atoms. The molecule has 0 aliphatic rings. The molecular weight excluding hydrogens is 493 g/mol. The van der Waals surface area contributed by atoms with Gasteiger partial charge in [0.1, 0.15) is 0 Å². The van der Waals surface area contributed by atoms with Crippen molar-refractivity contribution in [1.29, 1.82) is 5.26 Å². The summed E-state index contributed by atoms with van der Waals surface area (Å²) in [6.07, 6.45) is 2.04. The molecule has 0 aliphatic heterocycles. The van der Waals surface area contributed by atoms with Gasteiger partial charge in [0, 0.05) is 37.0 Å². The van der Waals surface area contributed by atoms with Crippen molar-refractivity contribution < 1.29 is 0 Å². The Bertz CT molecular complexity index is 763. The lowest BCUT2D eigenvalue weighted by molar-refractivity contribution is 0.462. The summed E-state index contributed by atoms with van der Waals surface area (Å²) in [6, 6.07) is 11.8. The highest BCUT2D eigenvalue weighted by Crippen LogP contribution is 2.15. The Morgan fingerprint density at radius 1 is 1.40 bits per heavy atom. The van der Waals surface area contributed by atoms with E-state index in [9.17, 15) is 0 Å². The monoisotopic (exact) mass is 515 g/mol. The summed E-state index contributed by atoms with van der Waals surface area (Å²) in [5, 5.41) is 12.3. The second kappa shape index (κ2) is 10.5. The molecule has 0 radical (unpaired) electrons. The van der Waals surface area contributed by atoms with Crippen LogP contribution in [0.15, 0.2) is 46.0 Å². The number of aryl methyl sites for hydroxylation is 1. The van der Waals surface area contributed by atoms with Gasteiger partial charge in [-0.3, -0.25) is 0 Å². The summed E-state index contributed by atoms with van der Waals surface area (Å²) < 4.78 is 3.17. The molecule has 0 saturated carbocycles. The van der Waals surface area contributed by atoms with E-state index in [1.807, 2.05) is 38.5 Å². The van der Waals surface area contributed by atoms with E-state index in [1.165, 1.54) is 5.69 Å². The topological polar surface area (TPSA) is 56.4 Å². The summed E-state index contributed by atoms with van der Waals surface area (Å²) in [7, 11) is 4.06. The fourth-order valence-electron chi connectivity index (χ4n) is 2.42. The summed E-state index contributed by atoms with van der Waals surface area (Å²) >= 11 is 3.50. The van der Waals surface area contributed by atoms with E-state index in [0.717, 1.165) is 29.1 Å². The van der Waals surface area contributed by atoms with Crippen molar-refractivity contribution in [3.8, 4) is 6.07 Å². The number of aromatic nitrogens is 1. The number of rotatable bonds is 5. The highest BCUT2D eigenvalue weighted by molar-refractivity contribution is 14.0. The van der Waals surface area contributed by atoms with E-state index in [2.05, 4.69) is 49.8 Å². The molecule has 7 heteroatoms. The molecule has 0 unspecified atom stereocenters. The van der Waals surface area contributed by atoms with Gasteiger partial charge in [-0.05, 0) is 46.6 Å². The van der Waals surface area contributed by atoms with Crippen LogP contribution in [-0.4, -0.2) is 29.0 Å². The molecule has 5 nitrogen and oxygen atoms in total. The zero-order valence-electron chi connectivity index (χ0n) is 14.7. The van der Waals surface area contributed by atoms with E-state index >= 15 is 0 Å². The minimum Gasteiger partial charge on any atom is -0.357 e. The summed E-state index contributed by atoms with van der Waals surface area (Å²) in [6.45, 7) is 4.15. The Balaban J connectivity index is 0.00000312. The molecule has 1 N–H and O–H groups in total. The molecule has 1 heterocycles. The van der Waals surface area contributed by atoms with Gasteiger partial charge in [-0.15, -0.1) is 24.0 Å². The van der Waals surface area contributed by atoms with E-state index in [-0.39, 0.29) is 24.0 Å². The quantitative estimate of drug-likeness (QED) is 0.373. The largest absolute Gasteiger partial charge is 0.357 e. The molecule has 0 bridgehead atoms. The number of hydrogen-bond acceptors (Lipinski definition) is 2. The van der Waals surface area contributed by atoms with Crippen molar-refractivity contribution in [1.82, 2.24) is 14.8 Å². The Morgan fingerprint density at radius 3 is 2.76 bits per heavy atom. The van der Waals surface area contributed by atoms with Crippen LogP contribution in [0.25, 0.3) is 0 Å². The van der Waals surface area contributed by atoms with Gasteiger partial charge in [0.05, 0.1) is 24.7 Å². The zero-order chi connectivity index (χ0) is 17.5.